The number of carbonyl (C=O) groups is 1. The average molecular weight is 289 g/mol. The average Bonchev–Trinajstić information content (AvgIpc) is 2.63. The summed E-state index contributed by atoms with van der Waals surface area (Å²) >= 11 is 0. The molecule has 1 fully saturated rings. The third-order valence-electron chi connectivity index (χ3n) is 4.28. The quantitative estimate of drug-likeness (QED) is 0.875. The molecule has 0 bridgehead atoms. The smallest absolute Gasteiger partial charge is 0.270 e. The van der Waals surface area contributed by atoms with Gasteiger partial charge in [-0.15, -0.1) is 0 Å². The van der Waals surface area contributed by atoms with Gasteiger partial charge in [0.2, 0.25) is 0 Å². The first-order valence-electron chi connectivity index (χ1n) is 7.36. The van der Waals surface area contributed by atoms with E-state index in [0.717, 1.165) is 36.7 Å². The number of hydrogen-bond acceptors (Lipinski definition) is 2. The second kappa shape index (κ2) is 5.48. The first kappa shape index (κ1) is 14.1. The van der Waals surface area contributed by atoms with E-state index in [1.807, 2.05) is 16.5 Å². The molecule has 2 heterocycles. The molecule has 2 N–H and O–H groups in total. The molecule has 112 valence electrons. The number of nitrogens with two attached hydrogens (primary N) is 1. The number of benzene rings is 1. The molecule has 0 aliphatic carbocycles. The maximum Gasteiger partial charge on any atom is 0.270 e. The number of aryl methyl sites for hydroxylation is 1. The highest BCUT2D eigenvalue weighted by Gasteiger charge is 2.22. The van der Waals surface area contributed by atoms with Crippen LogP contribution in [-0.2, 0) is 7.05 Å². The minimum absolute atomic E-state index is 0.00297. The van der Waals surface area contributed by atoms with Gasteiger partial charge in [0, 0.05) is 37.1 Å². The van der Waals surface area contributed by atoms with Crippen molar-refractivity contribution in [3.05, 3.63) is 35.8 Å². The van der Waals surface area contributed by atoms with Crippen molar-refractivity contribution in [1.29, 1.82) is 0 Å². The molecule has 4 nitrogen and oxygen atoms in total. The van der Waals surface area contributed by atoms with E-state index in [4.69, 9.17) is 5.73 Å². The third-order valence-corrected chi connectivity index (χ3v) is 4.28. The van der Waals surface area contributed by atoms with Crippen molar-refractivity contribution < 1.29 is 9.18 Å². The minimum atomic E-state index is -0.284. The Kier molecular flexibility index (Phi) is 3.68. The van der Waals surface area contributed by atoms with E-state index in [-0.39, 0.29) is 17.8 Å². The number of rotatable bonds is 1. The lowest BCUT2D eigenvalue weighted by Crippen LogP contribution is -2.33. The van der Waals surface area contributed by atoms with Crippen molar-refractivity contribution in [2.75, 3.05) is 13.1 Å². The molecular formula is C16H20FN3O. The molecule has 1 aliphatic heterocycles. The van der Waals surface area contributed by atoms with Crippen LogP contribution >= 0.6 is 0 Å². The molecule has 0 spiro atoms. The summed E-state index contributed by atoms with van der Waals surface area (Å²) in [5, 5.41) is 0.757. The summed E-state index contributed by atoms with van der Waals surface area (Å²) in [5.41, 5.74) is 7.43. The van der Waals surface area contributed by atoms with Crippen LogP contribution in [0.3, 0.4) is 0 Å². The van der Waals surface area contributed by atoms with Crippen LogP contribution in [0, 0.1) is 5.82 Å². The summed E-state index contributed by atoms with van der Waals surface area (Å²) in [6.07, 6.45) is 2.74. The molecule has 1 aromatic heterocycles. The van der Waals surface area contributed by atoms with Crippen molar-refractivity contribution in [2.45, 2.75) is 25.3 Å². The van der Waals surface area contributed by atoms with Crippen LogP contribution < -0.4 is 5.73 Å². The van der Waals surface area contributed by atoms with Crippen LogP contribution in [0.5, 0.6) is 0 Å². The zero-order chi connectivity index (χ0) is 15.0. The maximum atomic E-state index is 13.3. The van der Waals surface area contributed by atoms with Crippen LogP contribution in [0.1, 0.15) is 29.8 Å². The Labute approximate surface area is 123 Å². The van der Waals surface area contributed by atoms with Gasteiger partial charge < -0.3 is 15.2 Å². The largest absolute Gasteiger partial charge is 0.340 e. The van der Waals surface area contributed by atoms with E-state index in [1.165, 1.54) is 12.1 Å². The van der Waals surface area contributed by atoms with Gasteiger partial charge in [-0.05, 0) is 43.5 Å². The van der Waals surface area contributed by atoms with Crippen LogP contribution in [0.4, 0.5) is 4.39 Å². The molecule has 21 heavy (non-hydrogen) atoms. The Balaban J connectivity index is 1.92. The van der Waals surface area contributed by atoms with Gasteiger partial charge >= 0.3 is 0 Å². The van der Waals surface area contributed by atoms with Crippen LogP contribution in [0.2, 0.25) is 0 Å². The maximum absolute atomic E-state index is 13.3. The van der Waals surface area contributed by atoms with Gasteiger partial charge in [-0.2, -0.15) is 0 Å². The molecule has 1 atom stereocenters. The number of halogens is 1. The summed E-state index contributed by atoms with van der Waals surface area (Å²) in [6.45, 7) is 1.43. The Morgan fingerprint density at radius 3 is 2.90 bits per heavy atom. The molecular weight excluding hydrogens is 269 g/mol. The zero-order valence-corrected chi connectivity index (χ0v) is 12.2. The molecule has 3 rings (SSSR count). The van der Waals surface area contributed by atoms with Crippen molar-refractivity contribution in [2.24, 2.45) is 12.8 Å². The Morgan fingerprint density at radius 1 is 1.29 bits per heavy atom. The summed E-state index contributed by atoms with van der Waals surface area (Å²) in [4.78, 5) is 14.6. The molecule has 0 radical (unpaired) electrons. The fourth-order valence-corrected chi connectivity index (χ4v) is 3.01. The summed E-state index contributed by atoms with van der Waals surface area (Å²) < 4.78 is 15.1. The monoisotopic (exact) mass is 289 g/mol. The van der Waals surface area contributed by atoms with Crippen LogP contribution in [-0.4, -0.2) is 34.5 Å². The number of nitrogens with zero attached hydrogens (tertiary/aromatic N) is 2. The van der Waals surface area contributed by atoms with Gasteiger partial charge in [0.1, 0.15) is 11.5 Å². The summed E-state index contributed by atoms with van der Waals surface area (Å²) in [5.74, 6) is -0.281. The van der Waals surface area contributed by atoms with E-state index in [9.17, 15) is 9.18 Å². The van der Waals surface area contributed by atoms with Gasteiger partial charge in [-0.1, -0.05) is 0 Å². The predicted octanol–water partition coefficient (Wildman–Crippen LogP) is 2.27. The second-order valence-electron chi connectivity index (χ2n) is 5.77. The third kappa shape index (κ3) is 2.65. The first-order valence-corrected chi connectivity index (χ1v) is 7.36. The lowest BCUT2D eigenvalue weighted by atomic mass is 10.1. The summed E-state index contributed by atoms with van der Waals surface area (Å²) in [6, 6.07) is 6.54. The van der Waals surface area contributed by atoms with E-state index in [2.05, 4.69) is 0 Å². The molecule has 5 heteroatoms. The Morgan fingerprint density at radius 2 is 2.10 bits per heavy atom. The van der Waals surface area contributed by atoms with E-state index in [0.29, 0.717) is 12.2 Å². The van der Waals surface area contributed by atoms with Gasteiger partial charge in [0.15, 0.2) is 0 Å². The fraction of sp³-hybridized carbons (Fsp3) is 0.438. The van der Waals surface area contributed by atoms with Crippen molar-refractivity contribution >= 4 is 16.8 Å². The molecule has 0 saturated carbocycles. The highest BCUT2D eigenvalue weighted by Crippen LogP contribution is 2.22. The van der Waals surface area contributed by atoms with Crippen LogP contribution in [0.25, 0.3) is 10.9 Å². The predicted molar refractivity (Wildman–Crippen MR) is 80.6 cm³/mol. The number of carbonyl (C=O) groups excluding carboxylic acids is 1. The Hall–Kier alpha value is -1.88. The minimum Gasteiger partial charge on any atom is -0.340 e. The lowest BCUT2D eigenvalue weighted by molar-refractivity contribution is 0.0752. The van der Waals surface area contributed by atoms with Crippen molar-refractivity contribution in [1.82, 2.24) is 9.47 Å². The second-order valence-corrected chi connectivity index (χ2v) is 5.77. The Bertz CT molecular complexity index is 679. The molecule has 1 saturated heterocycles. The number of likely N-dealkylation sites (tertiary alicyclic amines) is 1. The molecule has 1 aromatic carbocycles. The highest BCUT2D eigenvalue weighted by atomic mass is 19.1. The topological polar surface area (TPSA) is 51.3 Å². The van der Waals surface area contributed by atoms with Crippen molar-refractivity contribution in [3.63, 3.8) is 0 Å². The SMILES string of the molecule is Cn1c(C(=O)N2CCC[C@H](N)CC2)cc2cc(F)ccc21. The zero-order valence-electron chi connectivity index (χ0n) is 12.2. The van der Waals surface area contributed by atoms with Gasteiger partial charge in [0.05, 0.1) is 0 Å². The normalized spacial score (nSPS) is 19.8. The lowest BCUT2D eigenvalue weighted by Gasteiger charge is -2.20. The summed E-state index contributed by atoms with van der Waals surface area (Å²) in [7, 11) is 1.84. The number of fused-ring (bicyclic) bond motifs is 1. The molecule has 1 amide bonds. The van der Waals surface area contributed by atoms with Gasteiger partial charge in [-0.3, -0.25) is 4.79 Å². The standard InChI is InChI=1S/C16H20FN3O/c1-19-14-5-4-12(17)9-11(14)10-15(19)16(21)20-7-2-3-13(18)6-8-20/h4-5,9-10,13H,2-3,6-8,18H2,1H3/t13-/m0/s1. The molecule has 1 aliphatic rings. The molecule has 0 unspecified atom stereocenters. The number of aromatic nitrogens is 1. The molecule has 2 aromatic rings. The fourth-order valence-electron chi connectivity index (χ4n) is 3.01. The van der Waals surface area contributed by atoms with Gasteiger partial charge in [-0.25, -0.2) is 4.39 Å². The van der Waals surface area contributed by atoms with Crippen molar-refractivity contribution in [3.8, 4) is 0 Å². The number of hydrogen-bond donors (Lipinski definition) is 1. The van der Waals surface area contributed by atoms with E-state index in [1.54, 1.807) is 12.1 Å². The van der Waals surface area contributed by atoms with E-state index < -0.39 is 0 Å². The van der Waals surface area contributed by atoms with E-state index >= 15 is 0 Å². The number of amides is 1. The van der Waals surface area contributed by atoms with Gasteiger partial charge in [0.25, 0.3) is 5.91 Å². The van der Waals surface area contributed by atoms with Crippen LogP contribution in [0.15, 0.2) is 24.3 Å². The highest BCUT2D eigenvalue weighted by molar-refractivity contribution is 5.98. The first-order chi connectivity index (χ1) is 10.1.